The molecular weight excluding hydrogens is 350 g/mol. The molecule has 1 aliphatic heterocycles. The molecule has 150 valence electrons. The standard InChI is InChI=1S/C23H31N3O2/c1-18-9-12-22(28-2)21(17-18)25-23(27)13-16-26-15-6-4-8-20(26)11-10-19-7-3-5-14-24-19/h3,5,7,9,12,14,17,20H,4,6,8,10-11,13,15-16H2,1-2H3,(H,25,27)/t20-/m1/s1. The highest BCUT2D eigenvalue weighted by molar-refractivity contribution is 5.92. The van der Waals surface area contributed by atoms with Gasteiger partial charge in [-0.15, -0.1) is 0 Å². The van der Waals surface area contributed by atoms with Crippen LogP contribution in [-0.2, 0) is 11.2 Å². The van der Waals surface area contributed by atoms with E-state index < -0.39 is 0 Å². The molecule has 1 atom stereocenters. The molecule has 1 N–H and O–H groups in total. The second-order valence-electron chi connectivity index (χ2n) is 7.55. The number of hydrogen-bond donors (Lipinski definition) is 1. The Morgan fingerprint density at radius 3 is 2.96 bits per heavy atom. The molecule has 28 heavy (non-hydrogen) atoms. The van der Waals surface area contributed by atoms with Gasteiger partial charge in [0.1, 0.15) is 5.75 Å². The van der Waals surface area contributed by atoms with Crippen molar-refractivity contribution >= 4 is 11.6 Å². The van der Waals surface area contributed by atoms with Crippen molar-refractivity contribution < 1.29 is 9.53 Å². The smallest absolute Gasteiger partial charge is 0.225 e. The minimum Gasteiger partial charge on any atom is -0.495 e. The Hall–Kier alpha value is -2.40. The highest BCUT2D eigenvalue weighted by Crippen LogP contribution is 2.26. The van der Waals surface area contributed by atoms with E-state index in [0.29, 0.717) is 18.2 Å². The third kappa shape index (κ3) is 5.80. The Labute approximate surface area is 168 Å². The average Bonchev–Trinajstić information content (AvgIpc) is 2.72. The lowest BCUT2D eigenvalue weighted by atomic mass is 9.97. The number of piperidine rings is 1. The number of rotatable bonds is 8. The van der Waals surface area contributed by atoms with Gasteiger partial charge in [-0.2, -0.15) is 0 Å². The molecule has 1 saturated heterocycles. The van der Waals surface area contributed by atoms with Crippen molar-refractivity contribution in [2.24, 2.45) is 0 Å². The van der Waals surface area contributed by atoms with Gasteiger partial charge in [-0.1, -0.05) is 18.6 Å². The molecule has 1 amide bonds. The number of aryl methyl sites for hydroxylation is 2. The van der Waals surface area contributed by atoms with Crippen LogP contribution >= 0.6 is 0 Å². The Balaban J connectivity index is 1.51. The normalized spacial score (nSPS) is 17.3. The molecule has 1 aliphatic rings. The molecule has 0 spiro atoms. The van der Waals surface area contributed by atoms with Crippen LogP contribution in [-0.4, -0.2) is 42.0 Å². The number of carbonyl (C=O) groups is 1. The van der Waals surface area contributed by atoms with Crippen LogP contribution in [0, 0.1) is 6.92 Å². The number of aromatic nitrogens is 1. The van der Waals surface area contributed by atoms with E-state index in [1.54, 1.807) is 7.11 Å². The molecule has 1 fully saturated rings. The first kappa shape index (κ1) is 20.3. The van der Waals surface area contributed by atoms with E-state index in [4.69, 9.17) is 4.74 Å². The number of likely N-dealkylation sites (tertiary alicyclic amines) is 1. The molecule has 1 aromatic heterocycles. The topological polar surface area (TPSA) is 54.5 Å². The van der Waals surface area contributed by atoms with Gasteiger partial charge >= 0.3 is 0 Å². The van der Waals surface area contributed by atoms with Gasteiger partial charge in [-0.25, -0.2) is 0 Å². The maximum absolute atomic E-state index is 12.5. The third-order valence-electron chi connectivity index (χ3n) is 5.46. The largest absolute Gasteiger partial charge is 0.495 e. The van der Waals surface area contributed by atoms with E-state index in [-0.39, 0.29) is 5.91 Å². The summed E-state index contributed by atoms with van der Waals surface area (Å²) in [4.78, 5) is 19.4. The molecule has 3 rings (SSSR count). The summed E-state index contributed by atoms with van der Waals surface area (Å²) in [6.45, 7) is 3.88. The second kappa shape index (κ2) is 10.2. The lowest BCUT2D eigenvalue weighted by Crippen LogP contribution is -2.41. The van der Waals surface area contributed by atoms with Gasteiger partial charge in [-0.05, 0) is 69.0 Å². The minimum absolute atomic E-state index is 0.0398. The summed E-state index contributed by atoms with van der Waals surface area (Å²) < 4.78 is 5.36. The van der Waals surface area contributed by atoms with Crippen LogP contribution in [0.3, 0.4) is 0 Å². The maximum Gasteiger partial charge on any atom is 0.225 e. The van der Waals surface area contributed by atoms with Crippen LogP contribution in [0.15, 0.2) is 42.6 Å². The lowest BCUT2D eigenvalue weighted by Gasteiger charge is -2.35. The van der Waals surface area contributed by atoms with Crippen LogP contribution in [0.2, 0.25) is 0 Å². The summed E-state index contributed by atoms with van der Waals surface area (Å²) in [5, 5.41) is 3.01. The van der Waals surface area contributed by atoms with Crippen molar-refractivity contribution in [3.8, 4) is 5.75 Å². The zero-order valence-electron chi connectivity index (χ0n) is 17.0. The number of nitrogens with zero attached hydrogens (tertiary/aromatic N) is 2. The van der Waals surface area contributed by atoms with E-state index in [1.807, 2.05) is 43.5 Å². The fraction of sp³-hybridized carbons (Fsp3) is 0.478. The zero-order chi connectivity index (χ0) is 19.8. The summed E-state index contributed by atoms with van der Waals surface area (Å²) in [6, 6.07) is 12.5. The molecule has 5 heteroatoms. The van der Waals surface area contributed by atoms with Gasteiger partial charge in [0.25, 0.3) is 0 Å². The summed E-state index contributed by atoms with van der Waals surface area (Å²) >= 11 is 0. The lowest BCUT2D eigenvalue weighted by molar-refractivity contribution is -0.116. The van der Waals surface area contributed by atoms with Crippen molar-refractivity contribution in [3.05, 3.63) is 53.9 Å². The van der Waals surface area contributed by atoms with Gasteiger partial charge in [0.2, 0.25) is 5.91 Å². The Morgan fingerprint density at radius 1 is 1.29 bits per heavy atom. The van der Waals surface area contributed by atoms with Gasteiger partial charge in [0.15, 0.2) is 0 Å². The first-order chi connectivity index (χ1) is 13.7. The molecule has 2 heterocycles. The molecule has 0 unspecified atom stereocenters. The molecule has 0 bridgehead atoms. The molecule has 0 saturated carbocycles. The molecule has 5 nitrogen and oxygen atoms in total. The number of carbonyl (C=O) groups excluding carboxylic acids is 1. The minimum atomic E-state index is 0.0398. The number of anilines is 1. The van der Waals surface area contributed by atoms with E-state index >= 15 is 0 Å². The van der Waals surface area contributed by atoms with E-state index in [0.717, 1.165) is 42.9 Å². The predicted octanol–water partition coefficient (Wildman–Crippen LogP) is 4.21. The van der Waals surface area contributed by atoms with E-state index in [1.165, 1.54) is 19.3 Å². The monoisotopic (exact) mass is 381 g/mol. The zero-order valence-corrected chi connectivity index (χ0v) is 17.0. The summed E-state index contributed by atoms with van der Waals surface area (Å²) in [5.74, 6) is 0.739. The fourth-order valence-electron chi connectivity index (χ4n) is 3.92. The van der Waals surface area contributed by atoms with Gasteiger partial charge in [-0.3, -0.25) is 14.7 Å². The van der Waals surface area contributed by atoms with Gasteiger partial charge in [0.05, 0.1) is 12.8 Å². The number of methoxy groups -OCH3 is 1. The number of hydrogen-bond acceptors (Lipinski definition) is 4. The van der Waals surface area contributed by atoms with Crippen LogP contribution in [0.4, 0.5) is 5.69 Å². The van der Waals surface area contributed by atoms with Crippen molar-refractivity contribution in [2.75, 3.05) is 25.5 Å². The fourth-order valence-corrected chi connectivity index (χ4v) is 3.92. The highest BCUT2D eigenvalue weighted by atomic mass is 16.5. The third-order valence-corrected chi connectivity index (χ3v) is 5.46. The quantitative estimate of drug-likeness (QED) is 0.744. The first-order valence-corrected chi connectivity index (χ1v) is 10.2. The maximum atomic E-state index is 12.5. The second-order valence-corrected chi connectivity index (χ2v) is 7.55. The number of ether oxygens (including phenoxy) is 1. The van der Waals surface area contributed by atoms with Crippen LogP contribution in [0.1, 0.15) is 43.4 Å². The van der Waals surface area contributed by atoms with Gasteiger partial charge in [0, 0.05) is 30.9 Å². The van der Waals surface area contributed by atoms with E-state index in [2.05, 4.69) is 21.3 Å². The predicted molar refractivity (Wildman–Crippen MR) is 113 cm³/mol. The highest BCUT2D eigenvalue weighted by Gasteiger charge is 2.22. The van der Waals surface area contributed by atoms with E-state index in [9.17, 15) is 4.79 Å². The van der Waals surface area contributed by atoms with Crippen molar-refractivity contribution in [1.82, 2.24) is 9.88 Å². The van der Waals surface area contributed by atoms with Crippen molar-refractivity contribution in [3.63, 3.8) is 0 Å². The molecular formula is C23H31N3O2. The average molecular weight is 382 g/mol. The molecule has 0 radical (unpaired) electrons. The number of amides is 1. The van der Waals surface area contributed by atoms with Crippen molar-refractivity contribution in [2.45, 2.75) is 51.5 Å². The summed E-state index contributed by atoms with van der Waals surface area (Å²) in [5.41, 5.74) is 3.00. The molecule has 0 aliphatic carbocycles. The van der Waals surface area contributed by atoms with Crippen molar-refractivity contribution in [1.29, 1.82) is 0 Å². The Kier molecular flexibility index (Phi) is 7.43. The summed E-state index contributed by atoms with van der Waals surface area (Å²) in [6.07, 6.45) is 8.15. The Morgan fingerprint density at radius 2 is 2.18 bits per heavy atom. The number of benzene rings is 1. The van der Waals surface area contributed by atoms with Crippen LogP contribution in [0.5, 0.6) is 5.75 Å². The molecule has 1 aromatic carbocycles. The van der Waals surface area contributed by atoms with Crippen LogP contribution in [0.25, 0.3) is 0 Å². The Bertz CT molecular complexity index is 764. The van der Waals surface area contributed by atoms with Gasteiger partial charge < -0.3 is 10.1 Å². The van der Waals surface area contributed by atoms with Crippen LogP contribution < -0.4 is 10.1 Å². The first-order valence-electron chi connectivity index (χ1n) is 10.2. The number of nitrogens with one attached hydrogen (secondary N) is 1. The summed E-state index contributed by atoms with van der Waals surface area (Å²) in [7, 11) is 1.63. The SMILES string of the molecule is COc1ccc(C)cc1NC(=O)CCN1CCCC[C@@H]1CCc1ccccn1. The molecule has 2 aromatic rings. The number of pyridine rings is 1.